The van der Waals surface area contributed by atoms with Crippen LogP contribution in [0.4, 0.5) is 4.39 Å². The number of thiazole rings is 1. The van der Waals surface area contributed by atoms with E-state index in [1.54, 1.807) is 23.2 Å². The van der Waals surface area contributed by atoms with Gasteiger partial charge < -0.3 is 4.90 Å². The fourth-order valence-electron chi connectivity index (χ4n) is 3.91. The second-order valence-electron chi connectivity index (χ2n) is 7.73. The summed E-state index contributed by atoms with van der Waals surface area (Å²) in [5.41, 5.74) is 2.91. The highest BCUT2D eigenvalue weighted by molar-refractivity contribution is 7.17. The summed E-state index contributed by atoms with van der Waals surface area (Å²) in [4.78, 5) is 33.7. The highest BCUT2D eigenvalue weighted by Crippen LogP contribution is 2.23. The van der Waals surface area contributed by atoms with Crippen molar-refractivity contribution in [1.29, 1.82) is 0 Å². The van der Waals surface area contributed by atoms with Crippen LogP contribution in [0.5, 0.6) is 0 Å². The van der Waals surface area contributed by atoms with Crippen LogP contribution < -0.4 is 5.56 Å². The third kappa shape index (κ3) is 3.99. The molecule has 0 atom stereocenters. The molecule has 0 unspecified atom stereocenters. The Morgan fingerprint density at radius 1 is 1.09 bits per heavy atom. The Labute approximate surface area is 188 Å². The van der Waals surface area contributed by atoms with Crippen LogP contribution in [-0.2, 0) is 6.42 Å². The Hall–Kier alpha value is -3.58. The molecule has 0 bridgehead atoms. The molecule has 5 nitrogen and oxygen atoms in total. The van der Waals surface area contributed by atoms with Gasteiger partial charge in [0.25, 0.3) is 11.5 Å². The van der Waals surface area contributed by atoms with Crippen molar-refractivity contribution in [2.75, 3.05) is 13.1 Å². The average Bonchev–Trinajstić information content (AvgIpc) is 3.24. The molecule has 1 aliphatic heterocycles. The lowest BCUT2D eigenvalue weighted by Crippen LogP contribution is -2.38. The molecule has 0 saturated carbocycles. The second kappa shape index (κ2) is 8.51. The van der Waals surface area contributed by atoms with Crippen molar-refractivity contribution in [1.82, 2.24) is 14.3 Å². The van der Waals surface area contributed by atoms with Crippen LogP contribution in [0.15, 0.2) is 77.9 Å². The molecule has 0 spiro atoms. The van der Waals surface area contributed by atoms with Crippen LogP contribution >= 0.6 is 11.3 Å². The molecule has 32 heavy (non-hydrogen) atoms. The first-order valence-electron chi connectivity index (χ1n) is 10.4. The maximum atomic E-state index is 13.2. The van der Waals surface area contributed by atoms with Crippen LogP contribution in [0.25, 0.3) is 10.5 Å². The largest absolute Gasteiger partial charge is 0.334 e. The summed E-state index contributed by atoms with van der Waals surface area (Å²) < 4.78 is 14.6. The first kappa shape index (κ1) is 20.3. The van der Waals surface area contributed by atoms with Gasteiger partial charge in [0.1, 0.15) is 11.4 Å². The number of fused-ring (bicyclic) bond motifs is 1. The van der Waals surface area contributed by atoms with Crippen LogP contribution in [-0.4, -0.2) is 33.3 Å². The molecular weight excluding hydrogens is 425 g/mol. The normalized spacial score (nSPS) is 13.9. The lowest BCUT2D eigenvalue weighted by molar-refractivity contribution is 0.0770. The Bertz CT molecular complexity index is 1370. The Kier molecular flexibility index (Phi) is 5.41. The zero-order valence-electron chi connectivity index (χ0n) is 17.2. The van der Waals surface area contributed by atoms with Gasteiger partial charge in [-0.1, -0.05) is 48.5 Å². The van der Waals surface area contributed by atoms with Crippen LogP contribution in [0.1, 0.15) is 32.8 Å². The molecule has 2 aromatic carbocycles. The minimum Gasteiger partial charge on any atom is -0.334 e. The van der Waals surface area contributed by atoms with Gasteiger partial charge in [-0.15, -0.1) is 11.3 Å². The monoisotopic (exact) mass is 445 g/mol. The van der Waals surface area contributed by atoms with Crippen molar-refractivity contribution in [3.63, 3.8) is 0 Å². The predicted molar refractivity (Wildman–Crippen MR) is 123 cm³/mol. The van der Waals surface area contributed by atoms with Crippen LogP contribution in [0, 0.1) is 5.82 Å². The minimum absolute atomic E-state index is 0.0743. The van der Waals surface area contributed by atoms with E-state index < -0.39 is 0 Å². The number of carbonyl (C=O) groups is 1. The number of nitrogens with zero attached hydrogens (tertiary/aromatic N) is 3. The van der Waals surface area contributed by atoms with Gasteiger partial charge in [0.2, 0.25) is 0 Å². The fourth-order valence-corrected chi connectivity index (χ4v) is 4.88. The summed E-state index contributed by atoms with van der Waals surface area (Å²) >= 11 is 1.45. The van der Waals surface area contributed by atoms with Gasteiger partial charge in [0.15, 0.2) is 4.96 Å². The maximum absolute atomic E-state index is 13.2. The number of hydrogen-bond acceptors (Lipinski definition) is 4. The molecule has 0 fully saturated rings. The molecule has 0 aliphatic carbocycles. The lowest BCUT2D eigenvalue weighted by atomic mass is 9.99. The molecule has 5 rings (SSSR count). The minimum atomic E-state index is -0.344. The number of carbonyl (C=O) groups excluding carboxylic acids is 1. The molecule has 0 N–H and O–H groups in total. The zero-order valence-corrected chi connectivity index (χ0v) is 18.0. The van der Waals surface area contributed by atoms with Crippen molar-refractivity contribution in [2.45, 2.75) is 12.8 Å². The van der Waals surface area contributed by atoms with E-state index in [-0.39, 0.29) is 22.8 Å². The van der Waals surface area contributed by atoms with Crippen molar-refractivity contribution >= 4 is 27.8 Å². The predicted octanol–water partition coefficient (Wildman–Crippen LogP) is 4.42. The van der Waals surface area contributed by atoms with Crippen LogP contribution in [0.3, 0.4) is 0 Å². The van der Waals surface area contributed by atoms with Gasteiger partial charge in [-0.05, 0) is 35.3 Å². The molecule has 2 aromatic heterocycles. The quantitative estimate of drug-likeness (QED) is 0.467. The lowest BCUT2D eigenvalue weighted by Gasteiger charge is -2.26. The van der Waals surface area contributed by atoms with Crippen molar-refractivity contribution in [3.8, 4) is 0 Å². The Balaban J connectivity index is 1.36. The van der Waals surface area contributed by atoms with Gasteiger partial charge >= 0.3 is 0 Å². The Morgan fingerprint density at radius 2 is 1.88 bits per heavy atom. The molecular formula is C25H20FN3O2S. The number of benzene rings is 2. The van der Waals surface area contributed by atoms with E-state index in [0.717, 1.165) is 21.6 Å². The van der Waals surface area contributed by atoms with Gasteiger partial charge in [0, 0.05) is 36.8 Å². The third-order valence-corrected chi connectivity index (χ3v) is 6.61. The molecule has 3 heterocycles. The van der Waals surface area contributed by atoms with Gasteiger partial charge in [-0.3, -0.25) is 14.0 Å². The molecule has 160 valence electrons. The van der Waals surface area contributed by atoms with E-state index in [2.05, 4.69) is 4.98 Å². The first-order chi connectivity index (χ1) is 15.6. The van der Waals surface area contributed by atoms with Crippen molar-refractivity contribution < 1.29 is 9.18 Å². The van der Waals surface area contributed by atoms with E-state index in [0.29, 0.717) is 30.9 Å². The average molecular weight is 446 g/mol. The van der Waals surface area contributed by atoms with E-state index >= 15 is 0 Å². The number of halogens is 1. The molecule has 4 aromatic rings. The topological polar surface area (TPSA) is 54.7 Å². The van der Waals surface area contributed by atoms with Crippen molar-refractivity contribution in [3.05, 3.63) is 111 Å². The highest BCUT2D eigenvalue weighted by atomic mass is 32.1. The molecule has 1 amide bonds. The molecule has 7 heteroatoms. The number of amides is 1. The fraction of sp³-hybridized carbons (Fsp3) is 0.160. The number of hydrogen-bond donors (Lipinski definition) is 0. The van der Waals surface area contributed by atoms with Crippen LogP contribution in [0.2, 0.25) is 0 Å². The molecule has 1 aliphatic rings. The summed E-state index contributed by atoms with van der Waals surface area (Å²) in [6, 6.07) is 16.4. The van der Waals surface area contributed by atoms with E-state index in [9.17, 15) is 14.0 Å². The maximum Gasteiger partial charge on any atom is 0.271 e. The number of rotatable bonds is 4. The number of aromatic nitrogens is 2. The summed E-state index contributed by atoms with van der Waals surface area (Å²) in [5, 5.41) is 0. The van der Waals surface area contributed by atoms with Gasteiger partial charge in [0.05, 0.1) is 0 Å². The standard InChI is InChI=1S/C25H20FN3O2S/c26-20-8-6-18(7-9-20)19-10-12-28(13-11-19)23(30)22-15-27-25-29(24(22)31)16-21(32-25)14-17-4-2-1-3-5-17/h1-10,15-16H,11-14H2. The third-order valence-electron chi connectivity index (χ3n) is 5.62. The van der Waals surface area contributed by atoms with E-state index in [4.69, 9.17) is 0 Å². The Morgan fingerprint density at radius 3 is 2.59 bits per heavy atom. The highest BCUT2D eigenvalue weighted by Gasteiger charge is 2.23. The second-order valence-corrected chi connectivity index (χ2v) is 8.82. The summed E-state index contributed by atoms with van der Waals surface area (Å²) in [6.45, 7) is 0.893. The SMILES string of the molecule is O=C(c1cnc2sc(Cc3ccccc3)cn2c1=O)N1CC=C(c2ccc(F)cc2)CC1. The zero-order chi connectivity index (χ0) is 22.1. The van der Waals surface area contributed by atoms with Gasteiger partial charge in [-0.25, -0.2) is 9.37 Å². The molecule has 0 radical (unpaired) electrons. The van der Waals surface area contributed by atoms with Crippen molar-refractivity contribution in [2.24, 2.45) is 0 Å². The smallest absolute Gasteiger partial charge is 0.271 e. The summed E-state index contributed by atoms with van der Waals surface area (Å²) in [6.07, 6.45) is 6.49. The summed E-state index contributed by atoms with van der Waals surface area (Å²) in [7, 11) is 0. The van der Waals surface area contributed by atoms with E-state index in [1.165, 1.54) is 34.1 Å². The summed E-state index contributed by atoms with van der Waals surface area (Å²) in [5.74, 6) is -0.590. The van der Waals surface area contributed by atoms with Gasteiger partial charge in [-0.2, -0.15) is 0 Å². The van der Waals surface area contributed by atoms with E-state index in [1.807, 2.05) is 36.4 Å². The molecule has 0 saturated heterocycles. The first-order valence-corrected chi connectivity index (χ1v) is 11.2.